The van der Waals surface area contributed by atoms with Crippen molar-refractivity contribution in [3.8, 4) is 0 Å². The summed E-state index contributed by atoms with van der Waals surface area (Å²) in [6.07, 6.45) is 4.77. The average Bonchev–Trinajstić information content (AvgIpc) is 3.04. The van der Waals surface area contributed by atoms with Gasteiger partial charge in [-0.25, -0.2) is 4.79 Å². The number of aromatic amines is 1. The molecule has 28 heavy (non-hydrogen) atoms. The average molecular weight is 428 g/mol. The molecule has 140 valence electrons. The zero-order valence-corrected chi connectivity index (χ0v) is 17.0. The highest BCUT2D eigenvalue weighted by Crippen LogP contribution is 2.36. The Labute approximate surface area is 177 Å². The van der Waals surface area contributed by atoms with E-state index in [0.717, 1.165) is 22.0 Å². The van der Waals surface area contributed by atoms with Crippen LogP contribution in [0.25, 0.3) is 16.5 Å². The largest absolute Gasteiger partial charge is 0.477 e. The number of aromatic nitrogens is 1. The molecule has 0 fully saturated rings. The molecule has 6 heteroatoms. The Hall–Kier alpha value is -2.40. The van der Waals surface area contributed by atoms with Crippen molar-refractivity contribution in [2.45, 2.75) is 12.8 Å². The zero-order chi connectivity index (χ0) is 19.8. The van der Waals surface area contributed by atoms with Crippen molar-refractivity contribution in [1.29, 1.82) is 0 Å². The fraction of sp³-hybridized carbons (Fsp3) is 0.0909. The molecule has 0 spiro atoms. The van der Waals surface area contributed by atoms with Crippen molar-refractivity contribution in [2.24, 2.45) is 0 Å². The van der Waals surface area contributed by atoms with Crippen molar-refractivity contribution >= 4 is 62.7 Å². The number of halogens is 2. The van der Waals surface area contributed by atoms with Crippen LogP contribution >= 0.6 is 35.4 Å². The van der Waals surface area contributed by atoms with Gasteiger partial charge in [-0.2, -0.15) is 0 Å². The molecule has 0 aliphatic heterocycles. The van der Waals surface area contributed by atoms with Crippen molar-refractivity contribution in [3.63, 3.8) is 0 Å². The summed E-state index contributed by atoms with van der Waals surface area (Å²) in [5.41, 5.74) is 4.33. The van der Waals surface area contributed by atoms with Crippen molar-refractivity contribution in [1.82, 2.24) is 4.98 Å². The molecule has 2 aromatic carbocycles. The minimum absolute atomic E-state index is 0.134. The molecule has 0 amide bonds. The SMILES string of the molecule is O=C(O)c1[nH]c2cccc(Cc3ccc(Cl)cc3)c2c1C1=CC(=S)CC(Cl)=C1. The molecule has 4 rings (SSSR count). The van der Waals surface area contributed by atoms with E-state index in [1.165, 1.54) is 0 Å². The van der Waals surface area contributed by atoms with E-state index in [1.807, 2.05) is 48.5 Å². The summed E-state index contributed by atoms with van der Waals surface area (Å²) in [6, 6.07) is 13.4. The van der Waals surface area contributed by atoms with Gasteiger partial charge in [0, 0.05) is 37.8 Å². The smallest absolute Gasteiger partial charge is 0.352 e. The number of aromatic carboxylic acids is 1. The molecule has 2 N–H and O–H groups in total. The van der Waals surface area contributed by atoms with Gasteiger partial charge < -0.3 is 10.1 Å². The van der Waals surface area contributed by atoms with Crippen LogP contribution in [0.1, 0.15) is 33.6 Å². The van der Waals surface area contributed by atoms with Crippen LogP contribution in [0.2, 0.25) is 5.02 Å². The van der Waals surface area contributed by atoms with Gasteiger partial charge in [-0.1, -0.05) is 59.7 Å². The molecular formula is C22H15Cl2NO2S. The van der Waals surface area contributed by atoms with Crippen molar-refractivity contribution in [2.75, 3.05) is 0 Å². The molecular weight excluding hydrogens is 413 g/mol. The van der Waals surface area contributed by atoms with E-state index in [2.05, 4.69) is 4.98 Å². The third-order valence-corrected chi connectivity index (χ3v) is 5.45. The van der Waals surface area contributed by atoms with Crippen LogP contribution in [-0.2, 0) is 6.42 Å². The van der Waals surface area contributed by atoms with Gasteiger partial charge in [-0.3, -0.25) is 0 Å². The minimum Gasteiger partial charge on any atom is -0.477 e. The van der Waals surface area contributed by atoms with Gasteiger partial charge in [0.1, 0.15) is 5.69 Å². The maximum Gasteiger partial charge on any atom is 0.352 e. The first-order chi connectivity index (χ1) is 13.4. The first-order valence-electron chi connectivity index (χ1n) is 8.64. The van der Waals surface area contributed by atoms with Gasteiger partial charge in [0.25, 0.3) is 0 Å². The number of H-pyrrole nitrogens is 1. The lowest BCUT2D eigenvalue weighted by Crippen LogP contribution is -2.04. The normalized spacial score (nSPS) is 14.1. The second-order valence-electron chi connectivity index (χ2n) is 6.66. The van der Waals surface area contributed by atoms with Crippen LogP contribution in [0.15, 0.2) is 59.6 Å². The predicted molar refractivity (Wildman–Crippen MR) is 119 cm³/mol. The van der Waals surface area contributed by atoms with Crippen molar-refractivity contribution in [3.05, 3.63) is 87.1 Å². The number of benzene rings is 2. The van der Waals surface area contributed by atoms with E-state index in [1.54, 1.807) is 6.08 Å². The molecule has 1 aliphatic carbocycles. The Morgan fingerprint density at radius 3 is 2.54 bits per heavy atom. The molecule has 1 aromatic heterocycles. The number of carboxylic acid groups (broad SMARTS) is 1. The zero-order valence-electron chi connectivity index (χ0n) is 14.6. The lowest BCUT2D eigenvalue weighted by molar-refractivity contribution is 0.0691. The Bertz CT molecular complexity index is 1170. The number of hydrogen-bond acceptors (Lipinski definition) is 2. The monoisotopic (exact) mass is 427 g/mol. The molecule has 3 nitrogen and oxygen atoms in total. The Balaban J connectivity index is 1.94. The van der Waals surface area contributed by atoms with E-state index >= 15 is 0 Å². The molecule has 1 aliphatic rings. The number of carbonyl (C=O) groups is 1. The van der Waals surface area contributed by atoms with Crippen LogP contribution in [-0.4, -0.2) is 20.9 Å². The van der Waals surface area contributed by atoms with Gasteiger partial charge in [-0.15, -0.1) is 0 Å². The third-order valence-electron chi connectivity index (χ3n) is 4.69. The topological polar surface area (TPSA) is 53.1 Å². The number of allylic oxidation sites excluding steroid dienone is 4. The van der Waals surface area contributed by atoms with E-state index in [0.29, 0.717) is 38.9 Å². The highest BCUT2D eigenvalue weighted by Gasteiger charge is 2.23. The van der Waals surface area contributed by atoms with Gasteiger partial charge >= 0.3 is 5.97 Å². The summed E-state index contributed by atoms with van der Waals surface area (Å²) in [5.74, 6) is -1.02. The third kappa shape index (κ3) is 3.63. The van der Waals surface area contributed by atoms with E-state index in [4.69, 9.17) is 35.4 Å². The van der Waals surface area contributed by atoms with Crippen LogP contribution in [0.3, 0.4) is 0 Å². The number of hydrogen-bond donors (Lipinski definition) is 2. The molecule has 3 aromatic rings. The summed E-state index contributed by atoms with van der Waals surface area (Å²) < 4.78 is 0. The standard InChI is InChI=1S/C22H15Cl2NO2S/c23-15-6-4-12(5-7-15)8-13-2-1-3-18-19(13)20(21(25-18)22(26)27)14-9-16(24)11-17(28)10-14/h1-7,9-10,25H,8,11H2,(H,26,27). The lowest BCUT2D eigenvalue weighted by Gasteiger charge is -2.13. The number of carboxylic acids is 1. The van der Waals surface area contributed by atoms with Crippen LogP contribution in [0, 0.1) is 0 Å². The van der Waals surface area contributed by atoms with Gasteiger partial charge in [0.05, 0.1) is 0 Å². The molecule has 0 saturated heterocycles. The summed E-state index contributed by atoms with van der Waals surface area (Å²) in [5, 5.41) is 11.9. The van der Waals surface area contributed by atoms with E-state index in [-0.39, 0.29) is 5.69 Å². The molecule has 0 bridgehead atoms. The molecule has 0 saturated carbocycles. The highest BCUT2D eigenvalue weighted by molar-refractivity contribution is 7.80. The van der Waals surface area contributed by atoms with Crippen molar-refractivity contribution < 1.29 is 9.90 Å². The van der Waals surface area contributed by atoms with Gasteiger partial charge in [-0.05, 0) is 53.5 Å². The second kappa shape index (κ2) is 7.55. The minimum atomic E-state index is -1.02. The van der Waals surface area contributed by atoms with Crippen LogP contribution in [0.5, 0.6) is 0 Å². The van der Waals surface area contributed by atoms with Crippen LogP contribution < -0.4 is 0 Å². The summed E-state index contributed by atoms with van der Waals surface area (Å²) in [4.78, 5) is 15.7. The maximum absolute atomic E-state index is 11.9. The number of nitrogens with one attached hydrogen (secondary N) is 1. The number of fused-ring (bicyclic) bond motifs is 1. The van der Waals surface area contributed by atoms with E-state index in [9.17, 15) is 9.90 Å². The number of rotatable bonds is 4. The Morgan fingerprint density at radius 1 is 1.11 bits per heavy atom. The fourth-order valence-corrected chi connectivity index (χ4v) is 4.29. The number of thiocarbonyl (C=S) groups is 1. The van der Waals surface area contributed by atoms with Crippen LogP contribution in [0.4, 0.5) is 0 Å². The van der Waals surface area contributed by atoms with Gasteiger partial charge in [0.2, 0.25) is 0 Å². The second-order valence-corrected chi connectivity index (χ2v) is 8.10. The van der Waals surface area contributed by atoms with Gasteiger partial charge in [0.15, 0.2) is 0 Å². The summed E-state index contributed by atoms with van der Waals surface area (Å²) >= 11 is 17.6. The quantitative estimate of drug-likeness (QED) is 0.474. The Morgan fingerprint density at radius 2 is 1.86 bits per heavy atom. The van der Waals surface area contributed by atoms with E-state index < -0.39 is 5.97 Å². The molecule has 1 heterocycles. The highest BCUT2D eigenvalue weighted by atomic mass is 35.5. The fourth-order valence-electron chi connectivity index (χ4n) is 3.54. The first kappa shape index (κ1) is 18.9. The molecule has 0 radical (unpaired) electrons. The maximum atomic E-state index is 11.9. The Kier molecular flexibility index (Phi) is 5.11. The lowest BCUT2D eigenvalue weighted by atomic mass is 9.92. The summed E-state index contributed by atoms with van der Waals surface area (Å²) in [7, 11) is 0. The predicted octanol–water partition coefficient (Wildman–Crippen LogP) is 6.39. The summed E-state index contributed by atoms with van der Waals surface area (Å²) in [6.45, 7) is 0. The molecule has 0 unspecified atom stereocenters. The first-order valence-corrected chi connectivity index (χ1v) is 9.81. The molecule has 0 atom stereocenters.